The Morgan fingerprint density at radius 3 is 2.00 bits per heavy atom. The Hall–Kier alpha value is -3.86. The molecule has 0 saturated carbocycles. The second-order valence-corrected chi connectivity index (χ2v) is 14.6. The molecule has 15 nitrogen and oxygen atoms in total. The summed E-state index contributed by atoms with van der Waals surface area (Å²) in [6, 6.07) is 1.37. The van der Waals surface area contributed by atoms with Crippen molar-refractivity contribution in [3.8, 4) is 0 Å². The Bertz CT molecular complexity index is 1300. The van der Waals surface area contributed by atoms with E-state index in [0.29, 0.717) is 51.4 Å². The standard InChI is InChI=1S/C36H58FN5O10/c1-24(39-34(47)52-36(5,6)7)30(43)41-29(35(2,3)4)32(45)42-15-8-9-28(42)31(44)40-27(23-25-10-12-26(37)13-11-25)33(46)51-22-21-50-20-19-49-18-17-48-16-14-38/h10-13,24,27-29H,8-9,14-23,38H2,1-7H3,(H,39,47)(H,40,44)(H,41,43)/t24-,27-,28-,29+/m0/s1. The molecule has 16 heteroatoms. The maximum absolute atomic E-state index is 14.0. The second-order valence-electron chi connectivity index (χ2n) is 14.6. The van der Waals surface area contributed by atoms with E-state index in [4.69, 9.17) is 29.4 Å². The molecule has 1 aromatic rings. The minimum Gasteiger partial charge on any atom is -0.462 e. The molecule has 0 aromatic heterocycles. The number of amides is 4. The molecular formula is C36H58FN5O10. The van der Waals surface area contributed by atoms with Gasteiger partial charge in [-0.15, -0.1) is 0 Å². The SMILES string of the molecule is C[C@H](NC(=O)OC(C)(C)C)C(=O)N[C@H](C(=O)N1CCC[C@H]1C(=O)N[C@@H](Cc1ccc(F)cc1)C(=O)OCCOCCOCCOCCN)C(C)(C)C. The lowest BCUT2D eigenvalue weighted by molar-refractivity contribution is -0.150. The Balaban J connectivity index is 2.06. The highest BCUT2D eigenvalue weighted by Crippen LogP contribution is 2.26. The minimum absolute atomic E-state index is 0.00958. The van der Waals surface area contributed by atoms with Crippen LogP contribution in [0.2, 0.25) is 0 Å². The van der Waals surface area contributed by atoms with Crippen LogP contribution in [0.5, 0.6) is 0 Å². The monoisotopic (exact) mass is 739 g/mol. The molecule has 1 aromatic carbocycles. The first-order chi connectivity index (χ1) is 24.4. The van der Waals surface area contributed by atoms with Gasteiger partial charge in [-0.2, -0.15) is 0 Å². The number of carbonyl (C=O) groups is 5. The maximum Gasteiger partial charge on any atom is 0.408 e. The number of hydrogen-bond acceptors (Lipinski definition) is 11. The Kier molecular flexibility index (Phi) is 18.4. The van der Waals surface area contributed by atoms with Crippen LogP contribution in [0.25, 0.3) is 0 Å². The van der Waals surface area contributed by atoms with Crippen molar-refractivity contribution >= 4 is 29.8 Å². The highest BCUT2D eigenvalue weighted by atomic mass is 19.1. The van der Waals surface area contributed by atoms with Crippen molar-refractivity contribution in [1.82, 2.24) is 20.9 Å². The first-order valence-corrected chi connectivity index (χ1v) is 17.7. The van der Waals surface area contributed by atoms with E-state index in [0.717, 1.165) is 0 Å². The molecule has 0 radical (unpaired) electrons. The third-order valence-corrected chi connectivity index (χ3v) is 7.80. The van der Waals surface area contributed by atoms with Gasteiger partial charge in [0.1, 0.15) is 42.2 Å². The molecule has 0 bridgehead atoms. The summed E-state index contributed by atoms with van der Waals surface area (Å²) in [6.45, 7) is 14.4. The van der Waals surface area contributed by atoms with Crippen molar-refractivity contribution in [2.75, 3.05) is 59.3 Å². The number of benzene rings is 1. The van der Waals surface area contributed by atoms with Gasteiger partial charge in [0.25, 0.3) is 0 Å². The van der Waals surface area contributed by atoms with Crippen molar-refractivity contribution in [2.45, 2.75) is 97.5 Å². The molecule has 0 aliphatic carbocycles. The molecule has 2 rings (SSSR count). The Labute approximate surface area is 306 Å². The van der Waals surface area contributed by atoms with Crippen LogP contribution >= 0.6 is 0 Å². The highest BCUT2D eigenvalue weighted by Gasteiger charge is 2.43. The smallest absolute Gasteiger partial charge is 0.408 e. The van der Waals surface area contributed by atoms with Crippen LogP contribution in [0.1, 0.15) is 66.9 Å². The van der Waals surface area contributed by atoms with Gasteiger partial charge in [0.2, 0.25) is 17.7 Å². The van der Waals surface area contributed by atoms with Crippen LogP contribution in [0.3, 0.4) is 0 Å². The van der Waals surface area contributed by atoms with Gasteiger partial charge in [0.05, 0.1) is 39.6 Å². The molecule has 4 amide bonds. The third-order valence-electron chi connectivity index (χ3n) is 7.80. The molecule has 0 spiro atoms. The number of hydrogen-bond donors (Lipinski definition) is 4. The first kappa shape index (κ1) is 44.3. The largest absolute Gasteiger partial charge is 0.462 e. The summed E-state index contributed by atoms with van der Waals surface area (Å²) in [4.78, 5) is 67.8. The van der Waals surface area contributed by atoms with Crippen LogP contribution in [-0.2, 0) is 49.3 Å². The van der Waals surface area contributed by atoms with E-state index in [9.17, 15) is 28.4 Å². The van der Waals surface area contributed by atoms with Gasteiger partial charge in [-0.25, -0.2) is 14.0 Å². The number of nitrogens with zero attached hydrogens (tertiary/aromatic N) is 1. The fourth-order valence-corrected chi connectivity index (χ4v) is 5.18. The topological polar surface area (TPSA) is 197 Å². The molecule has 1 heterocycles. The highest BCUT2D eigenvalue weighted by molar-refractivity contribution is 5.95. The van der Waals surface area contributed by atoms with Gasteiger partial charge < -0.3 is 50.3 Å². The number of carbonyl (C=O) groups excluding carboxylic acids is 5. The van der Waals surface area contributed by atoms with E-state index in [-0.39, 0.29) is 32.8 Å². The van der Waals surface area contributed by atoms with Crippen molar-refractivity contribution in [3.05, 3.63) is 35.6 Å². The zero-order valence-corrected chi connectivity index (χ0v) is 31.6. The van der Waals surface area contributed by atoms with Crippen molar-refractivity contribution in [3.63, 3.8) is 0 Å². The lowest BCUT2D eigenvalue weighted by atomic mass is 9.85. The molecule has 0 unspecified atom stereocenters. The number of alkyl carbamates (subject to hydrolysis) is 1. The summed E-state index contributed by atoms with van der Waals surface area (Å²) in [5, 5.41) is 7.96. The number of esters is 1. The van der Waals surface area contributed by atoms with E-state index in [1.54, 1.807) is 41.5 Å². The van der Waals surface area contributed by atoms with Crippen molar-refractivity contribution in [1.29, 1.82) is 0 Å². The van der Waals surface area contributed by atoms with E-state index in [2.05, 4.69) is 16.0 Å². The average Bonchev–Trinajstić information content (AvgIpc) is 3.55. The van der Waals surface area contributed by atoms with Gasteiger partial charge in [0.15, 0.2) is 0 Å². The van der Waals surface area contributed by atoms with E-state index in [1.165, 1.54) is 36.1 Å². The predicted molar refractivity (Wildman–Crippen MR) is 189 cm³/mol. The number of rotatable bonds is 20. The minimum atomic E-state index is -1.15. The van der Waals surface area contributed by atoms with Gasteiger partial charge in [-0.05, 0) is 63.6 Å². The summed E-state index contributed by atoms with van der Waals surface area (Å²) in [5.41, 5.74) is 4.40. The van der Waals surface area contributed by atoms with Gasteiger partial charge in [-0.1, -0.05) is 32.9 Å². The molecule has 1 aliphatic rings. The van der Waals surface area contributed by atoms with Gasteiger partial charge in [-0.3, -0.25) is 14.4 Å². The van der Waals surface area contributed by atoms with E-state index in [1.807, 2.05) is 0 Å². The van der Waals surface area contributed by atoms with Crippen LogP contribution in [-0.4, -0.2) is 124 Å². The third kappa shape index (κ3) is 16.2. The number of nitrogens with one attached hydrogen (secondary N) is 3. The lowest BCUT2D eigenvalue weighted by Crippen LogP contribution is -2.60. The first-order valence-electron chi connectivity index (χ1n) is 17.7. The zero-order chi connectivity index (χ0) is 38.9. The summed E-state index contributed by atoms with van der Waals surface area (Å²) in [7, 11) is 0. The molecule has 1 aliphatic heterocycles. The fourth-order valence-electron chi connectivity index (χ4n) is 5.18. The predicted octanol–water partition coefficient (Wildman–Crippen LogP) is 1.84. The van der Waals surface area contributed by atoms with E-state index < -0.39 is 70.8 Å². The van der Waals surface area contributed by atoms with Crippen LogP contribution in [0.4, 0.5) is 9.18 Å². The van der Waals surface area contributed by atoms with Gasteiger partial charge >= 0.3 is 12.1 Å². The lowest BCUT2D eigenvalue weighted by Gasteiger charge is -2.36. The average molecular weight is 740 g/mol. The van der Waals surface area contributed by atoms with Crippen LogP contribution in [0.15, 0.2) is 24.3 Å². The number of halogens is 1. The molecule has 1 fully saturated rings. The summed E-state index contributed by atoms with van der Waals surface area (Å²) in [5.74, 6) is -2.84. The summed E-state index contributed by atoms with van der Waals surface area (Å²) < 4.78 is 40.3. The Morgan fingerprint density at radius 1 is 0.865 bits per heavy atom. The van der Waals surface area contributed by atoms with E-state index >= 15 is 0 Å². The molecule has 52 heavy (non-hydrogen) atoms. The fraction of sp³-hybridized carbons (Fsp3) is 0.694. The van der Waals surface area contributed by atoms with Crippen LogP contribution < -0.4 is 21.7 Å². The molecular weight excluding hydrogens is 681 g/mol. The number of nitrogens with two attached hydrogens (primary N) is 1. The summed E-state index contributed by atoms with van der Waals surface area (Å²) >= 11 is 0. The van der Waals surface area contributed by atoms with Crippen molar-refractivity contribution in [2.24, 2.45) is 11.1 Å². The molecule has 1 saturated heterocycles. The Morgan fingerprint density at radius 2 is 1.44 bits per heavy atom. The zero-order valence-electron chi connectivity index (χ0n) is 31.6. The number of ether oxygens (including phenoxy) is 5. The normalized spacial score (nSPS) is 16.4. The molecule has 294 valence electrons. The maximum atomic E-state index is 14.0. The number of likely N-dealkylation sites (tertiary alicyclic amines) is 1. The summed E-state index contributed by atoms with van der Waals surface area (Å²) in [6.07, 6.45) is 0.0689. The quantitative estimate of drug-likeness (QED) is 0.113. The van der Waals surface area contributed by atoms with Crippen molar-refractivity contribution < 1.29 is 52.0 Å². The molecule has 5 N–H and O–H groups in total. The molecule has 4 atom stereocenters. The second kappa shape index (κ2) is 21.6. The van der Waals surface area contributed by atoms with Gasteiger partial charge in [0, 0.05) is 19.5 Å². The van der Waals surface area contributed by atoms with Crippen LogP contribution in [0, 0.1) is 11.2 Å².